The first-order valence-corrected chi connectivity index (χ1v) is 5.96. The maximum absolute atomic E-state index is 5.70. The lowest BCUT2D eigenvalue weighted by Gasteiger charge is -2.35. The van der Waals surface area contributed by atoms with Gasteiger partial charge in [-0.3, -0.25) is 15.7 Å². The number of anilines is 1. The molecule has 0 spiro atoms. The van der Waals surface area contributed by atoms with Crippen LogP contribution in [0, 0.1) is 0 Å². The summed E-state index contributed by atoms with van der Waals surface area (Å²) in [4.78, 5) is 6.72. The van der Waals surface area contributed by atoms with Crippen molar-refractivity contribution in [3.8, 4) is 0 Å². The van der Waals surface area contributed by atoms with Crippen molar-refractivity contribution in [1.82, 2.24) is 9.88 Å². The lowest BCUT2D eigenvalue weighted by atomic mass is 10.2. The summed E-state index contributed by atoms with van der Waals surface area (Å²) in [6, 6.07) is 3.83. The maximum Gasteiger partial charge on any atom is 0.0678 e. The lowest BCUT2D eigenvalue weighted by molar-refractivity contribution is -0.0707. The summed E-state index contributed by atoms with van der Waals surface area (Å²) in [5.74, 6) is 5.38. The van der Waals surface area contributed by atoms with E-state index in [9.17, 15) is 0 Å². The zero-order valence-corrected chi connectivity index (χ0v) is 10.4. The first-order chi connectivity index (χ1) is 8.17. The van der Waals surface area contributed by atoms with Crippen LogP contribution >= 0.6 is 0 Å². The highest BCUT2D eigenvalue weighted by Gasteiger charge is 2.22. The number of nitrogen functional groups attached to an aromatic ring is 1. The minimum Gasteiger partial charge on any atom is -0.373 e. The third-order valence-corrected chi connectivity index (χ3v) is 2.86. The lowest BCUT2D eigenvalue weighted by Crippen LogP contribution is -2.44. The Balaban J connectivity index is 1.99. The molecule has 1 saturated heterocycles. The fourth-order valence-electron chi connectivity index (χ4n) is 2.30. The molecular formula is C12H20N4O. The predicted octanol–water partition coefficient (Wildman–Crippen LogP) is 0.976. The second-order valence-corrected chi connectivity index (χ2v) is 4.63. The molecule has 1 aromatic heterocycles. The molecule has 0 bridgehead atoms. The highest BCUT2D eigenvalue weighted by atomic mass is 16.5. The van der Waals surface area contributed by atoms with Crippen LogP contribution in [0.25, 0.3) is 0 Å². The van der Waals surface area contributed by atoms with Gasteiger partial charge in [-0.1, -0.05) is 0 Å². The molecule has 2 atom stereocenters. The van der Waals surface area contributed by atoms with E-state index in [1.165, 1.54) is 0 Å². The van der Waals surface area contributed by atoms with Crippen molar-refractivity contribution in [1.29, 1.82) is 0 Å². The Morgan fingerprint density at radius 2 is 2.18 bits per heavy atom. The molecule has 3 N–H and O–H groups in total. The number of nitrogens with one attached hydrogen (secondary N) is 1. The van der Waals surface area contributed by atoms with Crippen LogP contribution in [0.5, 0.6) is 0 Å². The monoisotopic (exact) mass is 236 g/mol. The molecule has 2 heterocycles. The second kappa shape index (κ2) is 5.44. The summed E-state index contributed by atoms with van der Waals surface area (Å²) < 4.78 is 5.70. The molecule has 5 heteroatoms. The van der Waals surface area contributed by atoms with Gasteiger partial charge in [-0.2, -0.15) is 0 Å². The number of ether oxygens (including phenoxy) is 1. The summed E-state index contributed by atoms with van der Waals surface area (Å²) in [7, 11) is 0. The van der Waals surface area contributed by atoms with E-state index in [2.05, 4.69) is 29.2 Å². The van der Waals surface area contributed by atoms with E-state index in [1.54, 1.807) is 6.20 Å². The van der Waals surface area contributed by atoms with Crippen LogP contribution in [0.2, 0.25) is 0 Å². The molecule has 2 unspecified atom stereocenters. The zero-order chi connectivity index (χ0) is 12.3. The largest absolute Gasteiger partial charge is 0.373 e. The van der Waals surface area contributed by atoms with Gasteiger partial charge in [0.2, 0.25) is 0 Å². The number of rotatable bonds is 3. The van der Waals surface area contributed by atoms with Crippen molar-refractivity contribution >= 4 is 5.69 Å². The van der Waals surface area contributed by atoms with Gasteiger partial charge in [-0.15, -0.1) is 0 Å². The Hall–Kier alpha value is -1.17. The first kappa shape index (κ1) is 12.3. The Bertz CT molecular complexity index is 361. The summed E-state index contributed by atoms with van der Waals surface area (Å²) in [6.07, 6.45) is 2.35. The molecule has 1 aliphatic rings. The van der Waals surface area contributed by atoms with Gasteiger partial charge in [-0.05, 0) is 26.0 Å². The SMILES string of the molecule is CC1CN(Cc2cc(NN)ccn2)CC(C)O1. The molecule has 17 heavy (non-hydrogen) atoms. The fraction of sp³-hybridized carbons (Fsp3) is 0.583. The summed E-state index contributed by atoms with van der Waals surface area (Å²) in [5.41, 5.74) is 4.56. The molecule has 0 radical (unpaired) electrons. The molecule has 0 aliphatic carbocycles. The van der Waals surface area contributed by atoms with Crippen LogP contribution in [0.3, 0.4) is 0 Å². The Morgan fingerprint density at radius 1 is 1.47 bits per heavy atom. The topological polar surface area (TPSA) is 63.4 Å². The molecule has 1 aliphatic heterocycles. The fourth-order valence-corrected chi connectivity index (χ4v) is 2.30. The standard InChI is InChI=1S/C12H20N4O/c1-9-6-16(7-10(2)17-9)8-12-5-11(15-13)3-4-14-12/h3-5,9-10H,6-8,13H2,1-2H3,(H,14,15). The van der Waals surface area contributed by atoms with Gasteiger partial charge in [0.05, 0.1) is 23.6 Å². The molecule has 5 nitrogen and oxygen atoms in total. The number of aromatic nitrogens is 1. The second-order valence-electron chi connectivity index (χ2n) is 4.63. The van der Waals surface area contributed by atoms with Gasteiger partial charge < -0.3 is 10.2 Å². The Labute approximate surface area is 102 Å². The predicted molar refractivity (Wildman–Crippen MR) is 67.3 cm³/mol. The highest BCUT2D eigenvalue weighted by molar-refractivity contribution is 5.41. The van der Waals surface area contributed by atoms with Crippen LogP contribution in [0.1, 0.15) is 19.5 Å². The Morgan fingerprint density at radius 3 is 2.82 bits per heavy atom. The molecule has 0 aromatic carbocycles. The highest BCUT2D eigenvalue weighted by Crippen LogP contribution is 2.14. The van der Waals surface area contributed by atoms with Crippen molar-refractivity contribution in [2.24, 2.45) is 5.84 Å². The van der Waals surface area contributed by atoms with Gasteiger partial charge in [0, 0.05) is 25.8 Å². The third-order valence-electron chi connectivity index (χ3n) is 2.86. The molecule has 0 amide bonds. The van der Waals surface area contributed by atoms with Crippen molar-refractivity contribution in [2.45, 2.75) is 32.6 Å². The minimum absolute atomic E-state index is 0.287. The number of nitrogens with zero attached hydrogens (tertiary/aromatic N) is 2. The number of morpholine rings is 1. The van der Waals surface area contributed by atoms with Crippen LogP contribution < -0.4 is 11.3 Å². The van der Waals surface area contributed by atoms with Gasteiger partial charge in [0.25, 0.3) is 0 Å². The van der Waals surface area contributed by atoms with Crippen molar-refractivity contribution in [3.05, 3.63) is 24.0 Å². The van der Waals surface area contributed by atoms with Crippen LogP contribution in [0.4, 0.5) is 5.69 Å². The number of nitrogens with two attached hydrogens (primary N) is 1. The van der Waals surface area contributed by atoms with E-state index in [1.807, 2.05) is 12.1 Å². The van der Waals surface area contributed by atoms with Gasteiger partial charge in [0.1, 0.15) is 0 Å². The maximum atomic E-state index is 5.70. The number of pyridine rings is 1. The summed E-state index contributed by atoms with van der Waals surface area (Å²) >= 11 is 0. The Kier molecular flexibility index (Phi) is 3.93. The van der Waals surface area contributed by atoms with E-state index in [0.717, 1.165) is 31.0 Å². The summed E-state index contributed by atoms with van der Waals surface area (Å²) in [6.45, 7) is 6.95. The molecular weight excluding hydrogens is 216 g/mol. The van der Waals surface area contributed by atoms with Crippen LogP contribution in [0.15, 0.2) is 18.3 Å². The van der Waals surface area contributed by atoms with Crippen molar-refractivity contribution < 1.29 is 4.74 Å². The number of hydrazine groups is 1. The van der Waals surface area contributed by atoms with Crippen molar-refractivity contribution in [3.63, 3.8) is 0 Å². The van der Waals surface area contributed by atoms with E-state index in [4.69, 9.17) is 10.6 Å². The zero-order valence-electron chi connectivity index (χ0n) is 10.4. The average molecular weight is 236 g/mol. The molecule has 1 fully saturated rings. The quantitative estimate of drug-likeness (QED) is 0.605. The van der Waals surface area contributed by atoms with Crippen LogP contribution in [-0.4, -0.2) is 35.2 Å². The normalized spacial score (nSPS) is 25.8. The van der Waals surface area contributed by atoms with Crippen LogP contribution in [-0.2, 0) is 11.3 Å². The van der Waals surface area contributed by atoms with E-state index < -0.39 is 0 Å². The molecule has 0 saturated carbocycles. The smallest absolute Gasteiger partial charge is 0.0678 e. The van der Waals surface area contributed by atoms with Gasteiger partial charge in [-0.25, -0.2) is 0 Å². The molecule has 2 rings (SSSR count). The van der Waals surface area contributed by atoms with Gasteiger partial charge in [0.15, 0.2) is 0 Å². The molecule has 94 valence electrons. The number of hydrogen-bond donors (Lipinski definition) is 2. The molecule has 1 aromatic rings. The number of hydrogen-bond acceptors (Lipinski definition) is 5. The van der Waals surface area contributed by atoms with Gasteiger partial charge >= 0.3 is 0 Å². The van der Waals surface area contributed by atoms with E-state index >= 15 is 0 Å². The van der Waals surface area contributed by atoms with E-state index in [-0.39, 0.29) is 12.2 Å². The third kappa shape index (κ3) is 3.39. The summed E-state index contributed by atoms with van der Waals surface area (Å²) in [5, 5.41) is 0. The minimum atomic E-state index is 0.287. The average Bonchev–Trinajstić information content (AvgIpc) is 2.28. The first-order valence-electron chi connectivity index (χ1n) is 5.96. The van der Waals surface area contributed by atoms with E-state index in [0.29, 0.717) is 0 Å². The van der Waals surface area contributed by atoms with Crippen molar-refractivity contribution in [2.75, 3.05) is 18.5 Å².